The highest BCUT2D eigenvalue weighted by molar-refractivity contribution is 5.19. The summed E-state index contributed by atoms with van der Waals surface area (Å²) in [6.45, 7) is 7.87. The number of ether oxygens (including phenoxy) is 1. The molecule has 1 fully saturated rings. The predicted octanol–water partition coefficient (Wildman–Crippen LogP) is 2.07. The Balaban J connectivity index is 2.12. The zero-order valence-corrected chi connectivity index (χ0v) is 12.7. The minimum Gasteiger partial charge on any atom is -0.379 e. The minimum absolute atomic E-state index is 0.0409. The smallest absolute Gasteiger partial charge is 0.126 e. The van der Waals surface area contributed by atoms with E-state index in [4.69, 9.17) is 4.74 Å². The molecule has 1 heterocycles. The molecule has 0 radical (unpaired) electrons. The van der Waals surface area contributed by atoms with Gasteiger partial charge in [0.2, 0.25) is 0 Å². The van der Waals surface area contributed by atoms with Crippen molar-refractivity contribution in [3.8, 4) is 0 Å². The Morgan fingerprint density at radius 3 is 2.55 bits per heavy atom. The highest BCUT2D eigenvalue weighted by atomic mass is 19.1. The third-order valence-corrected chi connectivity index (χ3v) is 4.41. The molecule has 0 bridgehead atoms. The topological polar surface area (TPSA) is 24.5 Å². The summed E-state index contributed by atoms with van der Waals surface area (Å²) in [7, 11) is 1.95. The van der Waals surface area contributed by atoms with Crippen LogP contribution in [0, 0.1) is 5.82 Å². The van der Waals surface area contributed by atoms with Gasteiger partial charge in [0, 0.05) is 24.7 Å². The molecule has 1 aromatic carbocycles. The van der Waals surface area contributed by atoms with E-state index in [-0.39, 0.29) is 17.4 Å². The number of halogens is 1. The van der Waals surface area contributed by atoms with Gasteiger partial charge in [0.05, 0.1) is 13.2 Å². The van der Waals surface area contributed by atoms with Crippen molar-refractivity contribution in [3.05, 3.63) is 35.6 Å². The normalized spacial score (nSPS) is 19.0. The fourth-order valence-corrected chi connectivity index (χ4v) is 2.95. The van der Waals surface area contributed by atoms with Crippen LogP contribution in [-0.4, -0.2) is 49.8 Å². The molecule has 1 aromatic rings. The summed E-state index contributed by atoms with van der Waals surface area (Å²) >= 11 is 0. The van der Waals surface area contributed by atoms with Gasteiger partial charge in [0.15, 0.2) is 0 Å². The molecule has 1 saturated heterocycles. The number of likely N-dealkylation sites (N-methyl/N-ethyl adjacent to an activating group) is 1. The van der Waals surface area contributed by atoms with Crippen LogP contribution in [0.3, 0.4) is 0 Å². The Labute approximate surface area is 121 Å². The van der Waals surface area contributed by atoms with Gasteiger partial charge in [-0.05, 0) is 38.9 Å². The summed E-state index contributed by atoms with van der Waals surface area (Å²) < 4.78 is 19.3. The van der Waals surface area contributed by atoms with Crippen molar-refractivity contribution >= 4 is 0 Å². The molecule has 1 unspecified atom stereocenters. The van der Waals surface area contributed by atoms with Crippen molar-refractivity contribution in [2.75, 3.05) is 33.4 Å². The van der Waals surface area contributed by atoms with Crippen molar-refractivity contribution in [2.24, 2.45) is 0 Å². The minimum atomic E-state index is -0.120. The summed E-state index contributed by atoms with van der Waals surface area (Å²) in [5.74, 6) is -0.120. The molecule has 3 nitrogen and oxygen atoms in total. The number of benzene rings is 1. The largest absolute Gasteiger partial charge is 0.379 e. The first kappa shape index (κ1) is 15.4. The molecule has 112 valence electrons. The number of morpholine rings is 1. The number of nitrogens with one attached hydrogen (secondary N) is 1. The number of hydrogen-bond acceptors (Lipinski definition) is 3. The van der Waals surface area contributed by atoms with Gasteiger partial charge in [0.1, 0.15) is 5.82 Å². The molecule has 0 aliphatic carbocycles. The number of nitrogens with zero attached hydrogens (tertiary/aromatic N) is 1. The lowest BCUT2D eigenvalue weighted by Gasteiger charge is -2.46. The maximum absolute atomic E-state index is 13.9. The van der Waals surface area contributed by atoms with E-state index in [1.807, 2.05) is 19.2 Å². The Hall–Kier alpha value is -0.970. The van der Waals surface area contributed by atoms with E-state index in [1.54, 1.807) is 6.07 Å². The average Bonchev–Trinajstić information content (AvgIpc) is 2.47. The monoisotopic (exact) mass is 280 g/mol. The summed E-state index contributed by atoms with van der Waals surface area (Å²) in [6, 6.07) is 7.23. The van der Waals surface area contributed by atoms with Crippen LogP contribution in [0.1, 0.15) is 19.4 Å². The quantitative estimate of drug-likeness (QED) is 0.893. The second-order valence-corrected chi connectivity index (χ2v) is 5.89. The highest BCUT2D eigenvalue weighted by Crippen LogP contribution is 2.24. The van der Waals surface area contributed by atoms with Crippen LogP contribution in [0.2, 0.25) is 0 Å². The van der Waals surface area contributed by atoms with Crippen molar-refractivity contribution in [1.29, 1.82) is 0 Å². The summed E-state index contributed by atoms with van der Waals surface area (Å²) in [5.41, 5.74) is 0.731. The zero-order valence-electron chi connectivity index (χ0n) is 12.7. The second-order valence-electron chi connectivity index (χ2n) is 5.89. The molecular formula is C16H25FN2O. The van der Waals surface area contributed by atoms with Crippen LogP contribution in [0.25, 0.3) is 0 Å². The molecule has 2 rings (SSSR count). The zero-order chi connectivity index (χ0) is 14.6. The van der Waals surface area contributed by atoms with E-state index in [9.17, 15) is 4.39 Å². The van der Waals surface area contributed by atoms with E-state index < -0.39 is 0 Å². The molecule has 0 aromatic heterocycles. The Morgan fingerprint density at radius 2 is 1.95 bits per heavy atom. The molecule has 0 spiro atoms. The molecule has 1 aliphatic rings. The standard InChI is InChI=1S/C16H25FN2O/c1-16(2,19-8-10-20-11-9-19)15(18-3)12-13-6-4-5-7-14(13)17/h4-7,15,18H,8-12H2,1-3H3. The number of hydrogen-bond donors (Lipinski definition) is 1. The first-order valence-electron chi connectivity index (χ1n) is 7.29. The second kappa shape index (κ2) is 6.66. The fraction of sp³-hybridized carbons (Fsp3) is 0.625. The Kier molecular flexibility index (Phi) is 5.13. The first-order chi connectivity index (χ1) is 9.55. The van der Waals surface area contributed by atoms with Gasteiger partial charge in [-0.1, -0.05) is 18.2 Å². The van der Waals surface area contributed by atoms with Crippen LogP contribution < -0.4 is 5.32 Å². The van der Waals surface area contributed by atoms with Crippen molar-refractivity contribution in [2.45, 2.75) is 31.8 Å². The van der Waals surface area contributed by atoms with Crippen LogP contribution in [0.5, 0.6) is 0 Å². The van der Waals surface area contributed by atoms with Crippen LogP contribution >= 0.6 is 0 Å². The van der Waals surface area contributed by atoms with Gasteiger partial charge in [0.25, 0.3) is 0 Å². The van der Waals surface area contributed by atoms with Gasteiger partial charge in [-0.3, -0.25) is 4.90 Å². The van der Waals surface area contributed by atoms with E-state index >= 15 is 0 Å². The molecule has 1 atom stereocenters. The Morgan fingerprint density at radius 1 is 1.30 bits per heavy atom. The Bertz CT molecular complexity index is 430. The molecule has 1 N–H and O–H groups in total. The summed E-state index contributed by atoms with van der Waals surface area (Å²) in [6.07, 6.45) is 0.688. The van der Waals surface area contributed by atoms with Gasteiger partial charge in [-0.25, -0.2) is 4.39 Å². The van der Waals surface area contributed by atoms with Crippen molar-refractivity contribution in [1.82, 2.24) is 10.2 Å². The third-order valence-electron chi connectivity index (χ3n) is 4.41. The molecule has 4 heteroatoms. The van der Waals surface area contributed by atoms with E-state index in [0.29, 0.717) is 6.42 Å². The molecule has 0 amide bonds. The fourth-order valence-electron chi connectivity index (χ4n) is 2.95. The highest BCUT2D eigenvalue weighted by Gasteiger charge is 2.35. The van der Waals surface area contributed by atoms with Gasteiger partial charge in [-0.2, -0.15) is 0 Å². The summed E-state index contributed by atoms with van der Waals surface area (Å²) in [4.78, 5) is 2.43. The maximum atomic E-state index is 13.9. The number of rotatable bonds is 5. The van der Waals surface area contributed by atoms with E-state index in [1.165, 1.54) is 6.07 Å². The van der Waals surface area contributed by atoms with E-state index in [2.05, 4.69) is 24.1 Å². The van der Waals surface area contributed by atoms with Crippen LogP contribution in [0.15, 0.2) is 24.3 Å². The molecule has 20 heavy (non-hydrogen) atoms. The predicted molar refractivity (Wildman–Crippen MR) is 79.4 cm³/mol. The molecule has 0 saturated carbocycles. The third kappa shape index (κ3) is 3.37. The SMILES string of the molecule is CNC(Cc1ccccc1F)C(C)(C)N1CCOCC1. The van der Waals surface area contributed by atoms with Crippen LogP contribution in [0.4, 0.5) is 4.39 Å². The van der Waals surface area contributed by atoms with E-state index in [0.717, 1.165) is 31.9 Å². The van der Waals surface area contributed by atoms with Crippen molar-refractivity contribution < 1.29 is 9.13 Å². The lowest BCUT2D eigenvalue weighted by molar-refractivity contribution is -0.0224. The van der Waals surface area contributed by atoms with Crippen molar-refractivity contribution in [3.63, 3.8) is 0 Å². The van der Waals surface area contributed by atoms with Gasteiger partial charge >= 0.3 is 0 Å². The maximum Gasteiger partial charge on any atom is 0.126 e. The molecular weight excluding hydrogens is 255 g/mol. The molecule has 1 aliphatic heterocycles. The summed E-state index contributed by atoms with van der Waals surface area (Å²) in [5, 5.41) is 3.37. The van der Waals surface area contributed by atoms with Crippen LogP contribution in [-0.2, 0) is 11.2 Å². The first-order valence-corrected chi connectivity index (χ1v) is 7.29. The van der Waals surface area contributed by atoms with Gasteiger partial charge in [-0.15, -0.1) is 0 Å². The lowest BCUT2D eigenvalue weighted by atomic mass is 9.87. The average molecular weight is 280 g/mol. The van der Waals surface area contributed by atoms with Gasteiger partial charge < -0.3 is 10.1 Å². The lowest BCUT2D eigenvalue weighted by Crippen LogP contribution is -2.60.